The van der Waals surface area contributed by atoms with Gasteiger partial charge in [-0.15, -0.1) is 0 Å². The lowest BCUT2D eigenvalue weighted by Gasteiger charge is -2.45. The summed E-state index contributed by atoms with van der Waals surface area (Å²) in [5.41, 5.74) is 1.99. The average Bonchev–Trinajstić information content (AvgIpc) is 3.04. The fourth-order valence-corrected chi connectivity index (χ4v) is 7.26. The van der Waals surface area contributed by atoms with E-state index in [1.54, 1.807) is 6.07 Å². The molecular formula is C35H46Cl2N4O5. The third-order valence-corrected chi connectivity index (χ3v) is 10.1. The molecule has 46 heavy (non-hydrogen) atoms. The summed E-state index contributed by atoms with van der Waals surface area (Å²) in [5, 5.41) is 3.87. The lowest BCUT2D eigenvalue weighted by atomic mass is 9.81. The quantitative estimate of drug-likeness (QED) is 0.384. The summed E-state index contributed by atoms with van der Waals surface area (Å²) in [6.45, 7) is 9.45. The number of benzene rings is 2. The lowest BCUT2D eigenvalue weighted by Crippen LogP contribution is -2.55. The first kappa shape index (κ1) is 34.3. The number of nitrogens with zero attached hydrogens (tertiary/aromatic N) is 3. The fourth-order valence-electron chi connectivity index (χ4n) is 6.96. The molecule has 0 bridgehead atoms. The van der Waals surface area contributed by atoms with E-state index >= 15 is 0 Å². The van der Waals surface area contributed by atoms with Crippen molar-refractivity contribution in [1.29, 1.82) is 0 Å². The molecule has 250 valence electrons. The van der Waals surface area contributed by atoms with Crippen LogP contribution in [0.3, 0.4) is 0 Å². The van der Waals surface area contributed by atoms with Gasteiger partial charge in [-0.1, -0.05) is 42.1 Å². The van der Waals surface area contributed by atoms with Crippen molar-refractivity contribution in [3.8, 4) is 0 Å². The van der Waals surface area contributed by atoms with Crippen LogP contribution in [0.15, 0.2) is 42.5 Å². The Hall–Kier alpha value is -3.01. The molecule has 1 aliphatic carbocycles. The summed E-state index contributed by atoms with van der Waals surface area (Å²) >= 11 is 12.8. The average molecular weight is 674 g/mol. The molecule has 11 heteroatoms. The Morgan fingerprint density at radius 2 is 1.63 bits per heavy atom. The van der Waals surface area contributed by atoms with Gasteiger partial charge in [-0.25, -0.2) is 4.79 Å². The van der Waals surface area contributed by atoms with Crippen molar-refractivity contribution in [2.45, 2.75) is 76.5 Å². The molecule has 0 spiro atoms. The molecule has 2 saturated heterocycles. The smallest absolute Gasteiger partial charge is 0.407 e. The third-order valence-electron chi connectivity index (χ3n) is 9.35. The highest BCUT2D eigenvalue weighted by molar-refractivity contribution is 6.42. The minimum atomic E-state index is -0.624. The van der Waals surface area contributed by atoms with Gasteiger partial charge in [0.2, 0.25) is 5.91 Å². The summed E-state index contributed by atoms with van der Waals surface area (Å²) < 4.78 is 11.0. The molecular weight excluding hydrogens is 627 g/mol. The van der Waals surface area contributed by atoms with E-state index in [4.69, 9.17) is 32.7 Å². The number of ether oxygens (including phenoxy) is 2. The summed E-state index contributed by atoms with van der Waals surface area (Å²) in [4.78, 5) is 46.6. The molecule has 0 aromatic heterocycles. The van der Waals surface area contributed by atoms with Gasteiger partial charge in [0.1, 0.15) is 5.60 Å². The predicted octanol–water partition coefficient (Wildman–Crippen LogP) is 6.37. The molecule has 5 rings (SSSR count). The summed E-state index contributed by atoms with van der Waals surface area (Å²) in [6, 6.07) is 12.9. The van der Waals surface area contributed by atoms with E-state index in [1.165, 1.54) is 0 Å². The Bertz CT molecular complexity index is 1390. The van der Waals surface area contributed by atoms with Crippen LogP contribution < -0.4 is 10.2 Å². The fraction of sp³-hybridized carbons (Fsp3) is 0.571. The molecule has 0 radical (unpaired) electrons. The van der Waals surface area contributed by atoms with Crippen LogP contribution in [-0.2, 0) is 14.3 Å². The molecule has 3 fully saturated rings. The molecule has 2 aliphatic heterocycles. The van der Waals surface area contributed by atoms with E-state index in [-0.39, 0.29) is 35.7 Å². The van der Waals surface area contributed by atoms with E-state index < -0.39 is 11.7 Å². The first-order valence-electron chi connectivity index (χ1n) is 16.3. The number of alkyl carbamates (subject to hydrolysis) is 1. The zero-order chi connectivity index (χ0) is 33.0. The molecule has 4 atom stereocenters. The summed E-state index contributed by atoms with van der Waals surface area (Å²) in [5.74, 6) is -0.569. The number of hydrogen-bond acceptors (Lipinski definition) is 6. The van der Waals surface area contributed by atoms with Crippen molar-refractivity contribution >= 4 is 46.8 Å². The van der Waals surface area contributed by atoms with Crippen LogP contribution in [0.5, 0.6) is 0 Å². The van der Waals surface area contributed by atoms with Gasteiger partial charge in [-0.2, -0.15) is 0 Å². The second-order valence-corrected chi connectivity index (χ2v) is 14.4. The number of amides is 3. The van der Waals surface area contributed by atoms with Gasteiger partial charge in [-0.05, 0) is 82.0 Å². The van der Waals surface area contributed by atoms with Crippen LogP contribution in [0.2, 0.25) is 10.0 Å². The Balaban J connectivity index is 1.33. The van der Waals surface area contributed by atoms with Crippen molar-refractivity contribution < 1.29 is 23.9 Å². The lowest BCUT2D eigenvalue weighted by molar-refractivity contribution is -0.139. The van der Waals surface area contributed by atoms with Crippen LogP contribution in [-0.4, -0.2) is 91.8 Å². The maximum Gasteiger partial charge on any atom is 0.407 e. The zero-order valence-corrected chi connectivity index (χ0v) is 28.8. The summed E-state index contributed by atoms with van der Waals surface area (Å²) in [6.07, 6.45) is 3.40. The van der Waals surface area contributed by atoms with Crippen molar-refractivity contribution in [2.24, 2.45) is 5.92 Å². The maximum absolute atomic E-state index is 14.1. The van der Waals surface area contributed by atoms with Gasteiger partial charge in [0.05, 0.1) is 29.2 Å². The largest absolute Gasteiger partial charge is 0.444 e. The molecule has 1 saturated carbocycles. The van der Waals surface area contributed by atoms with Crippen LogP contribution >= 0.6 is 23.2 Å². The number of likely N-dealkylation sites (tertiary alicyclic amines) is 1. The van der Waals surface area contributed by atoms with E-state index in [1.807, 2.05) is 74.0 Å². The van der Waals surface area contributed by atoms with Crippen molar-refractivity contribution in [1.82, 2.24) is 15.1 Å². The van der Waals surface area contributed by atoms with E-state index in [0.717, 1.165) is 43.6 Å². The van der Waals surface area contributed by atoms with Crippen molar-refractivity contribution in [3.63, 3.8) is 0 Å². The first-order chi connectivity index (χ1) is 21.9. The SMILES string of the molecule is CN(C(=O)c1ccc(N2CCOCC2)cc1)[C@@H]1CCN(C(=O)[C@H]2CCCC[C@H]2NC(=O)OC(C)(C)C)C[C@H]1c1ccc(Cl)c(Cl)c1. The minimum absolute atomic E-state index is 0.0250. The molecule has 2 heterocycles. The first-order valence-corrected chi connectivity index (χ1v) is 17.1. The highest BCUT2D eigenvalue weighted by Gasteiger charge is 2.41. The van der Waals surface area contributed by atoms with Gasteiger partial charge in [0.25, 0.3) is 5.91 Å². The number of nitrogens with one attached hydrogen (secondary N) is 1. The number of morpholine rings is 1. The Morgan fingerprint density at radius 3 is 2.30 bits per heavy atom. The number of anilines is 1. The second-order valence-electron chi connectivity index (χ2n) is 13.6. The van der Waals surface area contributed by atoms with Gasteiger partial charge in [0, 0.05) is 62.5 Å². The number of hydrogen-bond donors (Lipinski definition) is 1. The van der Waals surface area contributed by atoms with Gasteiger partial charge >= 0.3 is 6.09 Å². The van der Waals surface area contributed by atoms with Crippen molar-refractivity contribution in [3.05, 3.63) is 63.6 Å². The monoisotopic (exact) mass is 672 g/mol. The van der Waals surface area contributed by atoms with Crippen molar-refractivity contribution in [2.75, 3.05) is 51.3 Å². The van der Waals surface area contributed by atoms with E-state index in [0.29, 0.717) is 54.8 Å². The number of halogens is 2. The number of carbonyl (C=O) groups excluding carboxylic acids is 3. The molecule has 3 amide bonds. The Kier molecular flexibility index (Phi) is 11.1. The van der Waals surface area contributed by atoms with Gasteiger partial charge in [0.15, 0.2) is 0 Å². The topological polar surface area (TPSA) is 91.4 Å². The normalized spacial score (nSPS) is 23.9. The number of piperidine rings is 1. The molecule has 3 aliphatic rings. The second kappa shape index (κ2) is 14.8. The Labute approximate surface area is 282 Å². The van der Waals surface area contributed by atoms with Crippen LogP contribution in [0, 0.1) is 5.92 Å². The Morgan fingerprint density at radius 1 is 0.935 bits per heavy atom. The standard InChI is InChI=1S/C35H46Cl2N4O5/c1-35(2,3)46-34(44)38-30-8-6-5-7-26(30)33(43)41-16-15-31(27(22-41)24-11-14-28(36)29(37)21-24)39(4)32(42)23-9-12-25(13-10-23)40-17-19-45-20-18-40/h9-14,21,26-27,30-31H,5-8,15-20,22H2,1-4H3,(H,38,44)/t26-,27-,30+,31+/m0/s1. The number of likely N-dealkylation sites (N-methyl/N-ethyl adjacent to an activating group) is 1. The number of rotatable bonds is 6. The zero-order valence-electron chi connectivity index (χ0n) is 27.3. The van der Waals surface area contributed by atoms with Gasteiger partial charge in [-0.3, -0.25) is 9.59 Å². The van der Waals surface area contributed by atoms with Crippen LogP contribution in [0.1, 0.15) is 74.7 Å². The maximum atomic E-state index is 14.1. The van der Waals surface area contributed by atoms with Crippen LogP contribution in [0.25, 0.3) is 0 Å². The molecule has 9 nitrogen and oxygen atoms in total. The molecule has 2 aromatic carbocycles. The minimum Gasteiger partial charge on any atom is -0.444 e. The predicted molar refractivity (Wildman–Crippen MR) is 181 cm³/mol. The third kappa shape index (κ3) is 8.28. The highest BCUT2D eigenvalue weighted by atomic mass is 35.5. The van der Waals surface area contributed by atoms with E-state index in [9.17, 15) is 14.4 Å². The molecule has 0 unspecified atom stereocenters. The van der Waals surface area contributed by atoms with Crippen LogP contribution in [0.4, 0.5) is 10.5 Å². The van der Waals surface area contributed by atoms with E-state index in [2.05, 4.69) is 10.2 Å². The molecule has 1 N–H and O–H groups in total. The summed E-state index contributed by atoms with van der Waals surface area (Å²) in [7, 11) is 1.84. The highest BCUT2D eigenvalue weighted by Crippen LogP contribution is 2.36. The number of carbonyl (C=O) groups is 3. The van der Waals surface area contributed by atoms with Gasteiger partial charge < -0.3 is 29.5 Å². The molecule has 2 aromatic rings.